The molecule has 0 radical (unpaired) electrons. The summed E-state index contributed by atoms with van der Waals surface area (Å²) in [5.41, 5.74) is 8.09. The van der Waals surface area contributed by atoms with Gasteiger partial charge in [0, 0.05) is 10.3 Å². The average molecular weight is 192 g/mol. The van der Waals surface area contributed by atoms with Gasteiger partial charge in [-0.15, -0.1) is 11.6 Å². The summed E-state index contributed by atoms with van der Waals surface area (Å²) in [7, 11) is 0. The minimum absolute atomic E-state index is 0.250. The van der Waals surface area contributed by atoms with Gasteiger partial charge in [0.25, 0.3) is 0 Å². The Hall–Kier alpha value is -0.930. The third-order valence-electron chi connectivity index (χ3n) is 1.14. The molecule has 0 aliphatic carbocycles. The molecule has 0 fully saturated rings. The van der Waals surface area contributed by atoms with Crippen molar-refractivity contribution >= 4 is 17.6 Å². The fraction of sp³-hybridized carbons (Fsp3) is 0.833. The van der Waals surface area contributed by atoms with E-state index in [2.05, 4.69) is 14.8 Å². The lowest BCUT2D eigenvalue weighted by Crippen LogP contribution is -2.28. The SMILES string of the molecule is CCOC(=O)C(N=[N+]=[N-])C(C)Cl. The first-order valence-electron chi connectivity index (χ1n) is 3.48. The van der Waals surface area contributed by atoms with Gasteiger partial charge in [0.1, 0.15) is 0 Å². The van der Waals surface area contributed by atoms with Crippen LogP contribution in [0.3, 0.4) is 0 Å². The molecule has 68 valence electrons. The highest BCUT2D eigenvalue weighted by atomic mass is 35.5. The Labute approximate surface area is 75.3 Å². The minimum Gasteiger partial charge on any atom is -0.466 e. The molecule has 0 amide bonds. The van der Waals surface area contributed by atoms with Gasteiger partial charge in [0.15, 0.2) is 6.04 Å². The zero-order valence-electron chi connectivity index (χ0n) is 6.90. The maximum Gasteiger partial charge on any atom is 0.316 e. The van der Waals surface area contributed by atoms with Gasteiger partial charge in [-0.2, -0.15) is 0 Å². The number of ether oxygens (including phenoxy) is 1. The largest absolute Gasteiger partial charge is 0.466 e. The molecule has 0 heterocycles. The normalized spacial score (nSPS) is 14.2. The number of carbonyl (C=O) groups is 1. The number of nitrogens with zero attached hydrogens (tertiary/aromatic N) is 3. The smallest absolute Gasteiger partial charge is 0.316 e. The van der Waals surface area contributed by atoms with Crippen LogP contribution in [-0.2, 0) is 9.53 Å². The predicted molar refractivity (Wildman–Crippen MR) is 44.9 cm³/mol. The highest BCUT2D eigenvalue weighted by molar-refractivity contribution is 6.22. The average Bonchev–Trinajstić information content (AvgIpc) is 1.99. The van der Waals surface area contributed by atoms with Crippen LogP contribution in [0.5, 0.6) is 0 Å². The van der Waals surface area contributed by atoms with Crippen molar-refractivity contribution in [2.45, 2.75) is 25.3 Å². The number of rotatable bonds is 4. The molecule has 0 bridgehead atoms. The number of halogens is 1. The van der Waals surface area contributed by atoms with Gasteiger partial charge >= 0.3 is 5.97 Å². The number of esters is 1. The first kappa shape index (κ1) is 11.1. The standard InChI is InChI=1S/C6H10ClN3O2/c1-3-12-6(11)5(4(2)7)9-10-8/h4-5H,3H2,1-2H3. The zero-order chi connectivity index (χ0) is 9.56. The van der Waals surface area contributed by atoms with Crippen LogP contribution in [0.25, 0.3) is 10.4 Å². The van der Waals surface area contributed by atoms with E-state index in [0.717, 1.165) is 0 Å². The molecular formula is C6H10ClN3O2. The molecule has 0 N–H and O–H groups in total. The summed E-state index contributed by atoms with van der Waals surface area (Å²) in [6.45, 7) is 3.49. The van der Waals surface area contributed by atoms with Crippen molar-refractivity contribution in [3.63, 3.8) is 0 Å². The summed E-state index contributed by atoms with van der Waals surface area (Å²) in [5.74, 6) is -0.585. The summed E-state index contributed by atoms with van der Waals surface area (Å²) in [6.07, 6.45) is 0. The Balaban J connectivity index is 4.29. The summed E-state index contributed by atoms with van der Waals surface area (Å²) in [5, 5.41) is 2.66. The topological polar surface area (TPSA) is 75.1 Å². The minimum atomic E-state index is -0.934. The van der Waals surface area contributed by atoms with Crippen molar-refractivity contribution in [2.75, 3.05) is 6.61 Å². The van der Waals surface area contributed by atoms with Crippen molar-refractivity contribution in [2.24, 2.45) is 5.11 Å². The highest BCUT2D eigenvalue weighted by Gasteiger charge is 2.23. The molecule has 0 saturated heterocycles. The molecule has 12 heavy (non-hydrogen) atoms. The van der Waals surface area contributed by atoms with Gasteiger partial charge < -0.3 is 4.74 Å². The molecule has 0 aliphatic heterocycles. The van der Waals surface area contributed by atoms with Crippen LogP contribution in [0, 0.1) is 0 Å². The van der Waals surface area contributed by atoms with Crippen LogP contribution in [0.15, 0.2) is 5.11 Å². The Bertz CT molecular complexity index is 201. The van der Waals surface area contributed by atoms with E-state index in [-0.39, 0.29) is 6.61 Å². The van der Waals surface area contributed by atoms with Crippen LogP contribution < -0.4 is 0 Å². The quantitative estimate of drug-likeness (QED) is 0.224. The highest BCUT2D eigenvalue weighted by Crippen LogP contribution is 2.08. The first-order valence-corrected chi connectivity index (χ1v) is 3.92. The third kappa shape index (κ3) is 3.46. The number of alkyl halides is 1. The summed E-state index contributed by atoms with van der Waals surface area (Å²) < 4.78 is 4.63. The Morgan fingerprint density at radius 1 is 1.83 bits per heavy atom. The molecule has 0 rings (SSSR count). The Morgan fingerprint density at radius 3 is 2.75 bits per heavy atom. The van der Waals surface area contributed by atoms with Crippen LogP contribution >= 0.6 is 11.6 Å². The fourth-order valence-electron chi connectivity index (χ4n) is 0.610. The van der Waals surface area contributed by atoms with Crippen molar-refractivity contribution in [1.82, 2.24) is 0 Å². The van der Waals surface area contributed by atoms with Crippen LogP contribution in [0.2, 0.25) is 0 Å². The number of hydrogen-bond acceptors (Lipinski definition) is 3. The molecule has 5 nitrogen and oxygen atoms in total. The number of carbonyl (C=O) groups excluding carboxylic acids is 1. The Kier molecular flexibility index (Phi) is 5.25. The van der Waals surface area contributed by atoms with Gasteiger partial charge in [-0.25, -0.2) is 0 Å². The summed E-state index contributed by atoms with van der Waals surface area (Å²) in [4.78, 5) is 13.5. The number of azide groups is 1. The van der Waals surface area contributed by atoms with E-state index in [0.29, 0.717) is 0 Å². The zero-order valence-corrected chi connectivity index (χ0v) is 7.65. The number of hydrogen-bond donors (Lipinski definition) is 0. The van der Waals surface area contributed by atoms with E-state index in [1.165, 1.54) is 0 Å². The third-order valence-corrected chi connectivity index (χ3v) is 1.38. The van der Waals surface area contributed by atoms with E-state index in [4.69, 9.17) is 17.1 Å². The second-order valence-electron chi connectivity index (χ2n) is 2.08. The lowest BCUT2D eigenvalue weighted by Gasteiger charge is -2.10. The molecule has 6 heteroatoms. The summed E-state index contributed by atoms with van der Waals surface area (Å²) >= 11 is 5.59. The predicted octanol–water partition coefficient (Wildman–Crippen LogP) is 1.86. The summed E-state index contributed by atoms with van der Waals surface area (Å²) in [6, 6.07) is -0.934. The molecule has 0 aromatic heterocycles. The van der Waals surface area contributed by atoms with Gasteiger partial charge in [0.05, 0.1) is 6.61 Å². The molecule has 2 unspecified atom stereocenters. The van der Waals surface area contributed by atoms with Crippen molar-refractivity contribution < 1.29 is 9.53 Å². The second-order valence-corrected chi connectivity index (χ2v) is 2.77. The lowest BCUT2D eigenvalue weighted by molar-refractivity contribution is -0.144. The van der Waals surface area contributed by atoms with E-state index in [1.807, 2.05) is 0 Å². The maximum absolute atomic E-state index is 11.0. The van der Waals surface area contributed by atoms with Crippen LogP contribution in [-0.4, -0.2) is 24.0 Å². The molecule has 0 spiro atoms. The molecule has 2 atom stereocenters. The monoisotopic (exact) mass is 191 g/mol. The van der Waals surface area contributed by atoms with Gasteiger partial charge in [-0.05, 0) is 19.4 Å². The van der Waals surface area contributed by atoms with Crippen LogP contribution in [0.1, 0.15) is 13.8 Å². The van der Waals surface area contributed by atoms with Gasteiger partial charge in [-0.3, -0.25) is 4.79 Å². The van der Waals surface area contributed by atoms with Crippen LogP contribution in [0.4, 0.5) is 0 Å². The second kappa shape index (κ2) is 5.69. The van der Waals surface area contributed by atoms with Gasteiger partial charge in [0.2, 0.25) is 0 Å². The maximum atomic E-state index is 11.0. The van der Waals surface area contributed by atoms with E-state index < -0.39 is 17.4 Å². The fourth-order valence-corrected chi connectivity index (χ4v) is 0.763. The van der Waals surface area contributed by atoms with Crippen molar-refractivity contribution in [3.8, 4) is 0 Å². The molecule has 0 aliphatic rings. The van der Waals surface area contributed by atoms with Crippen molar-refractivity contribution in [3.05, 3.63) is 10.4 Å². The van der Waals surface area contributed by atoms with E-state index in [9.17, 15) is 4.79 Å². The van der Waals surface area contributed by atoms with E-state index in [1.54, 1.807) is 13.8 Å². The first-order chi connectivity index (χ1) is 5.63. The molecular weight excluding hydrogens is 182 g/mol. The molecule has 0 aromatic carbocycles. The lowest BCUT2D eigenvalue weighted by atomic mass is 10.2. The van der Waals surface area contributed by atoms with E-state index >= 15 is 0 Å². The van der Waals surface area contributed by atoms with Crippen molar-refractivity contribution in [1.29, 1.82) is 0 Å². The molecule has 0 saturated carbocycles. The molecule has 0 aromatic rings. The Morgan fingerprint density at radius 2 is 2.42 bits per heavy atom. The van der Waals surface area contributed by atoms with Gasteiger partial charge in [-0.1, -0.05) is 5.11 Å².